The molecule has 20 heavy (non-hydrogen) atoms. The molecule has 0 aliphatic heterocycles. The first-order chi connectivity index (χ1) is 9.21. The second-order valence-electron chi connectivity index (χ2n) is 5.81. The molecular formula is C14H20BNO3S. The summed E-state index contributed by atoms with van der Waals surface area (Å²) in [6.07, 6.45) is 3.90. The van der Waals surface area contributed by atoms with Crippen molar-refractivity contribution in [3.8, 4) is 5.00 Å². The maximum Gasteiger partial charge on any atom is 0.502 e. The highest BCUT2D eigenvalue weighted by molar-refractivity contribution is 7.24. The number of thiophene rings is 1. The van der Waals surface area contributed by atoms with Crippen LogP contribution >= 0.6 is 11.3 Å². The van der Waals surface area contributed by atoms with E-state index in [0.29, 0.717) is 4.78 Å². The molecule has 0 radical (unpaired) electrons. The number of hydrogen-bond acceptors (Lipinski definition) is 4. The molecule has 0 fully saturated rings. The molecule has 0 aromatic carbocycles. The van der Waals surface area contributed by atoms with Crippen molar-refractivity contribution >= 4 is 23.2 Å². The minimum absolute atomic E-state index is 0.714. The van der Waals surface area contributed by atoms with E-state index in [0.717, 1.165) is 5.00 Å². The smallest absolute Gasteiger partial charge is 0.423 e. The van der Waals surface area contributed by atoms with Crippen LogP contribution in [0, 0.1) is 0 Å². The van der Waals surface area contributed by atoms with Gasteiger partial charge in [-0.15, -0.1) is 11.3 Å². The van der Waals surface area contributed by atoms with Crippen molar-refractivity contribution in [1.29, 1.82) is 0 Å². The molecule has 0 aliphatic carbocycles. The lowest BCUT2D eigenvalue weighted by Crippen LogP contribution is -2.52. The average Bonchev–Trinajstić information content (AvgIpc) is 2.98. The van der Waals surface area contributed by atoms with Crippen LogP contribution in [0.1, 0.15) is 27.7 Å². The van der Waals surface area contributed by atoms with Crippen molar-refractivity contribution in [3.63, 3.8) is 0 Å². The topological polar surface area (TPSA) is 54.6 Å². The molecule has 0 aliphatic rings. The van der Waals surface area contributed by atoms with Crippen LogP contribution in [0.15, 0.2) is 36.7 Å². The molecule has 0 atom stereocenters. The summed E-state index contributed by atoms with van der Waals surface area (Å²) < 4.78 is 8.31. The van der Waals surface area contributed by atoms with Gasteiger partial charge in [0.05, 0.1) is 16.2 Å². The maximum atomic E-state index is 10.2. The summed E-state index contributed by atoms with van der Waals surface area (Å²) in [5.74, 6) is 0. The van der Waals surface area contributed by atoms with Gasteiger partial charge in [-0.3, -0.25) is 0 Å². The van der Waals surface area contributed by atoms with Crippen LogP contribution in [0.2, 0.25) is 0 Å². The Morgan fingerprint density at radius 3 is 2.30 bits per heavy atom. The molecule has 108 valence electrons. The lowest BCUT2D eigenvalue weighted by atomic mass is 9.82. The Balaban J connectivity index is 2.13. The number of aliphatic hydroxyl groups is 1. The van der Waals surface area contributed by atoms with E-state index in [1.54, 1.807) is 27.7 Å². The third kappa shape index (κ3) is 3.15. The molecule has 0 saturated heterocycles. The summed E-state index contributed by atoms with van der Waals surface area (Å²) >= 11 is 1.46. The fourth-order valence-corrected chi connectivity index (χ4v) is 2.47. The van der Waals surface area contributed by atoms with E-state index in [9.17, 15) is 10.1 Å². The third-order valence-corrected chi connectivity index (χ3v) is 4.72. The summed E-state index contributed by atoms with van der Waals surface area (Å²) in [6, 6.07) is 7.67. The van der Waals surface area contributed by atoms with Gasteiger partial charge in [-0.05, 0) is 52.0 Å². The van der Waals surface area contributed by atoms with Crippen LogP contribution in [0.3, 0.4) is 0 Å². The van der Waals surface area contributed by atoms with Crippen molar-refractivity contribution in [2.75, 3.05) is 0 Å². The van der Waals surface area contributed by atoms with Gasteiger partial charge >= 0.3 is 7.12 Å². The molecule has 0 unspecified atom stereocenters. The molecule has 0 saturated carbocycles. The predicted molar refractivity (Wildman–Crippen MR) is 82.7 cm³/mol. The summed E-state index contributed by atoms with van der Waals surface area (Å²) in [7, 11) is -1.05. The molecule has 4 nitrogen and oxygen atoms in total. The summed E-state index contributed by atoms with van der Waals surface area (Å²) in [4.78, 5) is 0. The van der Waals surface area contributed by atoms with Gasteiger partial charge in [0.2, 0.25) is 0 Å². The van der Waals surface area contributed by atoms with Gasteiger partial charge in [-0.25, -0.2) is 0 Å². The van der Waals surface area contributed by atoms with E-state index in [1.807, 2.05) is 41.2 Å². The first-order valence-electron chi connectivity index (χ1n) is 6.52. The van der Waals surface area contributed by atoms with Gasteiger partial charge in [0.1, 0.15) is 0 Å². The van der Waals surface area contributed by atoms with Gasteiger partial charge in [0.25, 0.3) is 0 Å². The minimum Gasteiger partial charge on any atom is -0.423 e. The lowest BCUT2D eigenvalue weighted by molar-refractivity contribution is -0.0981. The van der Waals surface area contributed by atoms with Gasteiger partial charge < -0.3 is 19.4 Å². The zero-order chi connectivity index (χ0) is 15.0. The third-order valence-electron chi connectivity index (χ3n) is 3.59. The number of aromatic nitrogens is 1. The first-order valence-corrected chi connectivity index (χ1v) is 7.34. The van der Waals surface area contributed by atoms with Crippen LogP contribution in [-0.4, -0.2) is 33.0 Å². The normalized spacial score (nSPS) is 12.7. The van der Waals surface area contributed by atoms with Crippen LogP contribution in [0.4, 0.5) is 0 Å². The largest absolute Gasteiger partial charge is 0.502 e. The Bertz CT molecular complexity index is 557. The summed E-state index contributed by atoms with van der Waals surface area (Å²) in [5.41, 5.74) is -1.90. The van der Waals surface area contributed by atoms with Gasteiger partial charge in [0, 0.05) is 17.2 Å². The molecule has 2 rings (SSSR count). The van der Waals surface area contributed by atoms with Crippen molar-refractivity contribution in [2.45, 2.75) is 38.9 Å². The molecule has 2 heterocycles. The molecule has 6 heteroatoms. The first kappa shape index (κ1) is 15.3. The highest BCUT2D eigenvalue weighted by atomic mass is 32.1. The highest BCUT2D eigenvalue weighted by Crippen LogP contribution is 2.26. The molecule has 2 aromatic rings. The van der Waals surface area contributed by atoms with Crippen molar-refractivity contribution in [1.82, 2.24) is 4.57 Å². The standard InChI is InChI=1S/C14H20BNO3S/c1-13(2,17)14(3,4)19-15(18)11-7-8-12(20-11)16-9-5-6-10-16/h5-10,17-18H,1-4H3. The number of hydrogen-bond donors (Lipinski definition) is 2. The average molecular weight is 293 g/mol. The quantitative estimate of drug-likeness (QED) is 0.826. The zero-order valence-corrected chi connectivity index (χ0v) is 13.0. The Kier molecular flexibility index (Phi) is 4.11. The molecule has 0 amide bonds. The van der Waals surface area contributed by atoms with E-state index in [4.69, 9.17) is 4.65 Å². The zero-order valence-electron chi connectivity index (χ0n) is 12.2. The van der Waals surface area contributed by atoms with Crippen LogP contribution in [-0.2, 0) is 4.65 Å². The van der Waals surface area contributed by atoms with E-state index in [1.165, 1.54) is 11.3 Å². The molecule has 0 bridgehead atoms. The van der Waals surface area contributed by atoms with Crippen LogP contribution in [0.25, 0.3) is 5.00 Å². The van der Waals surface area contributed by atoms with Crippen molar-refractivity contribution in [3.05, 3.63) is 36.7 Å². The molecule has 2 N–H and O–H groups in total. The van der Waals surface area contributed by atoms with Gasteiger partial charge in [0.15, 0.2) is 0 Å². The van der Waals surface area contributed by atoms with Crippen molar-refractivity contribution < 1.29 is 14.8 Å². The van der Waals surface area contributed by atoms with Crippen LogP contribution < -0.4 is 4.78 Å². The van der Waals surface area contributed by atoms with Gasteiger partial charge in [-0.2, -0.15) is 0 Å². The van der Waals surface area contributed by atoms with E-state index in [-0.39, 0.29) is 0 Å². The Hall–Kier alpha value is -1.08. The van der Waals surface area contributed by atoms with E-state index in [2.05, 4.69) is 0 Å². The fraction of sp³-hybridized carbons (Fsp3) is 0.429. The monoisotopic (exact) mass is 293 g/mol. The summed E-state index contributed by atoms with van der Waals surface area (Å²) in [5, 5.41) is 21.3. The molecular weight excluding hydrogens is 273 g/mol. The molecule has 2 aromatic heterocycles. The lowest BCUT2D eigenvalue weighted by Gasteiger charge is -2.38. The maximum absolute atomic E-state index is 10.2. The minimum atomic E-state index is -1.05. The molecule has 0 spiro atoms. The van der Waals surface area contributed by atoms with Crippen LogP contribution in [0.5, 0.6) is 0 Å². The Labute approximate surface area is 123 Å². The Morgan fingerprint density at radius 1 is 1.15 bits per heavy atom. The number of nitrogens with zero attached hydrogens (tertiary/aromatic N) is 1. The highest BCUT2D eigenvalue weighted by Gasteiger charge is 2.39. The Morgan fingerprint density at radius 2 is 1.75 bits per heavy atom. The SMILES string of the molecule is CC(C)(O)C(C)(C)OB(O)c1ccc(-n2cccc2)s1. The van der Waals surface area contributed by atoms with E-state index < -0.39 is 18.3 Å². The van der Waals surface area contributed by atoms with E-state index >= 15 is 0 Å². The van der Waals surface area contributed by atoms with Gasteiger partial charge in [-0.1, -0.05) is 0 Å². The fourth-order valence-electron chi connectivity index (χ4n) is 1.58. The summed E-state index contributed by atoms with van der Waals surface area (Å²) in [6.45, 7) is 6.85. The second-order valence-corrected chi connectivity index (χ2v) is 6.90. The second kappa shape index (κ2) is 5.37. The van der Waals surface area contributed by atoms with Crippen molar-refractivity contribution in [2.24, 2.45) is 0 Å². The predicted octanol–water partition coefficient (Wildman–Crippen LogP) is 1.79. The number of rotatable bonds is 5.